The number of halogens is 2. The number of ether oxygens (including phenoxy) is 1. The number of hydrogen-bond donors (Lipinski definition) is 1. The molecule has 1 saturated heterocycles. The van der Waals surface area contributed by atoms with Crippen molar-refractivity contribution in [3.05, 3.63) is 52.1 Å². The minimum atomic E-state index is -3.83. The van der Waals surface area contributed by atoms with E-state index in [-0.39, 0.29) is 26.0 Å². The number of benzene rings is 1. The Morgan fingerprint density at radius 2 is 2.16 bits per heavy atom. The van der Waals surface area contributed by atoms with E-state index in [9.17, 15) is 18.4 Å². The maximum absolute atomic E-state index is 14.7. The van der Waals surface area contributed by atoms with Crippen LogP contribution in [-0.4, -0.2) is 46.7 Å². The van der Waals surface area contributed by atoms with E-state index in [0.29, 0.717) is 25.9 Å². The average molecular weight is 467 g/mol. The summed E-state index contributed by atoms with van der Waals surface area (Å²) >= 11 is 0.865. The number of hydrogen-bond acceptors (Lipinski definition) is 7. The summed E-state index contributed by atoms with van der Waals surface area (Å²) in [6.45, 7) is -3.55. The van der Waals surface area contributed by atoms with Crippen LogP contribution in [0.25, 0.3) is 10.3 Å². The number of carbonyl (C=O) groups is 1. The van der Waals surface area contributed by atoms with Gasteiger partial charge in [-0.1, -0.05) is 41.7 Å². The van der Waals surface area contributed by atoms with Crippen LogP contribution in [0.2, 0.25) is 0 Å². The van der Waals surface area contributed by atoms with E-state index in [2.05, 4.69) is 20.0 Å². The summed E-state index contributed by atoms with van der Waals surface area (Å²) in [5.74, 6) is -5.27. The molecule has 1 fully saturated rings. The van der Waals surface area contributed by atoms with Gasteiger partial charge < -0.3 is 15.0 Å². The first-order valence-corrected chi connectivity index (χ1v) is 10.7. The van der Waals surface area contributed by atoms with Crippen LogP contribution in [0.5, 0.6) is 0 Å². The standard InChI is InChI=1S/C21H23F2N5O3S/c1-27-18(30)15-17(26-19(27)21(22,23)12-31-2)32-20(25-15)28-10-6-9-14(28)16(29)24-11-13-7-4-3-5-8-13/h3-5,7-8,14H,6,9-12H2,1-2H3,(H,24,29)/t14-/m1/s1/i1D3. The van der Waals surface area contributed by atoms with Crippen molar-refractivity contribution in [2.24, 2.45) is 6.98 Å². The van der Waals surface area contributed by atoms with Crippen LogP contribution in [-0.2, 0) is 29.0 Å². The van der Waals surface area contributed by atoms with Crippen molar-refractivity contribution in [2.45, 2.75) is 31.4 Å². The number of amides is 1. The summed E-state index contributed by atoms with van der Waals surface area (Å²) in [5, 5.41) is 3.13. The van der Waals surface area contributed by atoms with E-state index in [0.717, 1.165) is 24.0 Å². The number of anilines is 1. The van der Waals surface area contributed by atoms with Gasteiger partial charge in [0.15, 0.2) is 21.3 Å². The molecule has 1 atom stereocenters. The molecule has 3 heterocycles. The van der Waals surface area contributed by atoms with Gasteiger partial charge in [0.25, 0.3) is 5.56 Å². The van der Waals surface area contributed by atoms with Crippen molar-refractivity contribution in [3.8, 4) is 0 Å². The lowest BCUT2D eigenvalue weighted by Crippen LogP contribution is -2.43. The first-order chi connectivity index (χ1) is 16.5. The Kier molecular flexibility index (Phi) is 5.19. The van der Waals surface area contributed by atoms with Crippen molar-refractivity contribution in [1.82, 2.24) is 19.9 Å². The molecular formula is C21H23F2N5O3S. The second kappa shape index (κ2) is 8.91. The largest absolute Gasteiger partial charge is 0.378 e. The zero-order valence-electron chi connectivity index (χ0n) is 20.2. The van der Waals surface area contributed by atoms with E-state index in [4.69, 9.17) is 4.11 Å². The molecule has 32 heavy (non-hydrogen) atoms. The number of nitrogens with one attached hydrogen (secondary N) is 1. The fraction of sp³-hybridized carbons (Fsp3) is 0.429. The third kappa shape index (κ3) is 4.22. The van der Waals surface area contributed by atoms with Crippen LogP contribution in [0.4, 0.5) is 13.9 Å². The van der Waals surface area contributed by atoms with Gasteiger partial charge in [-0.2, -0.15) is 8.78 Å². The third-order valence-corrected chi connectivity index (χ3v) is 6.17. The van der Waals surface area contributed by atoms with E-state index < -0.39 is 36.9 Å². The summed E-state index contributed by atoms with van der Waals surface area (Å²) in [6.07, 6.45) is 1.23. The number of methoxy groups -OCH3 is 1. The third-order valence-electron chi connectivity index (χ3n) is 5.19. The smallest absolute Gasteiger partial charge is 0.327 e. The number of fused-ring (bicyclic) bond motifs is 1. The molecule has 8 nitrogen and oxygen atoms in total. The molecule has 0 bridgehead atoms. The minimum absolute atomic E-state index is 0.00805. The number of rotatable bonds is 7. The zero-order chi connectivity index (χ0) is 25.4. The van der Waals surface area contributed by atoms with Crippen LogP contribution in [0, 0.1) is 0 Å². The first kappa shape index (κ1) is 18.6. The molecule has 0 saturated carbocycles. The van der Waals surface area contributed by atoms with Gasteiger partial charge in [0.05, 0.1) is 0 Å². The summed E-state index contributed by atoms with van der Waals surface area (Å²) in [4.78, 5) is 35.5. The molecule has 0 unspecified atom stereocenters. The molecule has 2 aromatic heterocycles. The number of carbonyl (C=O) groups excluding carboxylic acids is 1. The van der Waals surface area contributed by atoms with Gasteiger partial charge >= 0.3 is 5.92 Å². The van der Waals surface area contributed by atoms with Crippen molar-refractivity contribution >= 4 is 32.7 Å². The predicted molar refractivity (Wildman–Crippen MR) is 117 cm³/mol. The molecule has 11 heteroatoms. The van der Waals surface area contributed by atoms with Gasteiger partial charge in [0, 0.05) is 31.3 Å². The molecule has 1 aromatic carbocycles. The summed E-state index contributed by atoms with van der Waals surface area (Å²) < 4.78 is 56.7. The van der Waals surface area contributed by atoms with Crippen molar-refractivity contribution in [1.29, 1.82) is 0 Å². The van der Waals surface area contributed by atoms with Gasteiger partial charge in [-0.15, -0.1) is 0 Å². The number of nitrogens with zero attached hydrogens (tertiary/aromatic N) is 4. The number of aromatic nitrogens is 3. The lowest BCUT2D eigenvalue weighted by Gasteiger charge is -2.23. The molecule has 170 valence electrons. The molecule has 3 aromatic rings. The molecule has 1 amide bonds. The lowest BCUT2D eigenvalue weighted by molar-refractivity contribution is -0.122. The van der Waals surface area contributed by atoms with Crippen molar-refractivity contribution in [2.75, 3.05) is 25.2 Å². The molecule has 0 spiro atoms. The van der Waals surface area contributed by atoms with Crippen LogP contribution in [0.1, 0.15) is 28.3 Å². The first-order valence-electron chi connectivity index (χ1n) is 11.4. The van der Waals surface area contributed by atoms with Gasteiger partial charge in [0.1, 0.15) is 12.6 Å². The Bertz CT molecular complexity index is 1280. The highest BCUT2D eigenvalue weighted by atomic mass is 32.1. The monoisotopic (exact) mass is 466 g/mol. The highest BCUT2D eigenvalue weighted by molar-refractivity contribution is 7.21. The van der Waals surface area contributed by atoms with Crippen molar-refractivity contribution < 1.29 is 22.4 Å². The molecule has 1 N–H and O–H groups in total. The molecule has 1 aliphatic heterocycles. The molecular weight excluding hydrogens is 440 g/mol. The fourth-order valence-corrected chi connectivity index (χ4v) is 4.66. The Hall–Kier alpha value is -2.92. The SMILES string of the molecule is [2H]C([2H])([2H])n1c(C(F)(F)COC)nc2sc(N3CCC[C@@H]3C(=O)NCc3ccccc3)nc2c1=O. The van der Waals surface area contributed by atoms with E-state index >= 15 is 0 Å². The molecule has 4 rings (SSSR count). The topological polar surface area (TPSA) is 89.3 Å². The minimum Gasteiger partial charge on any atom is -0.378 e. The van der Waals surface area contributed by atoms with E-state index in [1.807, 2.05) is 30.3 Å². The number of alkyl halides is 2. The summed E-state index contributed by atoms with van der Waals surface area (Å²) in [6, 6.07) is 8.82. The second-order valence-corrected chi connectivity index (χ2v) is 8.37. The normalized spacial score (nSPS) is 18.4. The fourth-order valence-electron chi connectivity index (χ4n) is 3.65. The summed E-state index contributed by atoms with van der Waals surface area (Å²) in [5.41, 5.74) is -0.606. The predicted octanol–water partition coefficient (Wildman–Crippen LogP) is 2.41. The van der Waals surface area contributed by atoms with Crippen LogP contribution in [0.15, 0.2) is 35.1 Å². The zero-order valence-corrected chi connectivity index (χ0v) is 18.0. The molecule has 1 aliphatic rings. The Labute approximate surface area is 191 Å². The maximum Gasteiger partial charge on any atom is 0.327 e. The van der Waals surface area contributed by atoms with Gasteiger partial charge in [-0.05, 0) is 18.4 Å². The average Bonchev–Trinajstić information content (AvgIpc) is 3.44. The van der Waals surface area contributed by atoms with Crippen molar-refractivity contribution in [3.63, 3.8) is 0 Å². The van der Waals surface area contributed by atoms with Crippen LogP contribution >= 0.6 is 11.3 Å². The number of thiazole rings is 1. The van der Waals surface area contributed by atoms with Gasteiger partial charge in [0.2, 0.25) is 5.91 Å². The molecule has 0 aliphatic carbocycles. The van der Waals surface area contributed by atoms with Crippen LogP contribution in [0.3, 0.4) is 0 Å². The Balaban J connectivity index is 1.69. The second-order valence-electron chi connectivity index (χ2n) is 7.42. The van der Waals surface area contributed by atoms with Gasteiger partial charge in [-0.25, -0.2) is 9.97 Å². The maximum atomic E-state index is 14.7. The van der Waals surface area contributed by atoms with E-state index in [1.54, 1.807) is 4.90 Å². The van der Waals surface area contributed by atoms with E-state index in [1.165, 1.54) is 0 Å². The highest BCUT2D eigenvalue weighted by Gasteiger charge is 2.38. The summed E-state index contributed by atoms with van der Waals surface area (Å²) in [7, 11) is 1.03. The Morgan fingerprint density at radius 1 is 1.38 bits per heavy atom. The lowest BCUT2D eigenvalue weighted by atomic mass is 10.2. The van der Waals surface area contributed by atoms with Gasteiger partial charge in [-0.3, -0.25) is 14.2 Å². The van der Waals surface area contributed by atoms with Crippen LogP contribution < -0.4 is 15.8 Å². The highest BCUT2D eigenvalue weighted by Crippen LogP contribution is 2.33. The molecule has 0 radical (unpaired) electrons. The quantitative estimate of drug-likeness (QED) is 0.575. The Morgan fingerprint density at radius 3 is 2.88 bits per heavy atom.